The third-order valence-corrected chi connectivity index (χ3v) is 3.89. The lowest BCUT2D eigenvalue weighted by molar-refractivity contribution is -0.384. The summed E-state index contributed by atoms with van der Waals surface area (Å²) in [6, 6.07) is 6.37. The Hall–Kier alpha value is -2.35. The van der Waals surface area contributed by atoms with Crippen LogP contribution >= 0.6 is 0 Å². The minimum Gasteiger partial charge on any atom is -0.444 e. The molecule has 1 unspecified atom stereocenters. The summed E-state index contributed by atoms with van der Waals surface area (Å²) in [5.74, 6) is 0. The Bertz CT molecular complexity index is 612. The molecule has 1 heterocycles. The third-order valence-electron chi connectivity index (χ3n) is 3.89. The molecular formula is C17H25N3O5. The van der Waals surface area contributed by atoms with E-state index in [1.165, 1.54) is 12.1 Å². The highest BCUT2D eigenvalue weighted by Gasteiger charge is 2.32. The lowest BCUT2D eigenvalue weighted by Crippen LogP contribution is -2.57. The minimum absolute atomic E-state index is 0.0484. The van der Waals surface area contributed by atoms with Crippen molar-refractivity contribution in [1.82, 2.24) is 4.90 Å². The lowest BCUT2D eigenvalue weighted by atomic mass is 10.1. The van der Waals surface area contributed by atoms with E-state index in [-0.39, 0.29) is 17.8 Å². The van der Waals surface area contributed by atoms with Crippen LogP contribution in [0.2, 0.25) is 0 Å². The van der Waals surface area contributed by atoms with Crippen LogP contribution in [0.5, 0.6) is 0 Å². The first-order valence-corrected chi connectivity index (χ1v) is 8.19. The monoisotopic (exact) mass is 351 g/mol. The predicted octanol–water partition coefficient (Wildman–Crippen LogP) is 2.67. The van der Waals surface area contributed by atoms with E-state index < -0.39 is 10.5 Å². The zero-order valence-corrected chi connectivity index (χ0v) is 15.1. The summed E-state index contributed by atoms with van der Waals surface area (Å²) in [6.07, 6.45) is -0.336. The maximum absolute atomic E-state index is 12.3. The number of carbonyl (C=O) groups excluding carboxylic acids is 1. The van der Waals surface area contributed by atoms with E-state index in [0.29, 0.717) is 26.2 Å². The fraction of sp³-hybridized carbons (Fsp3) is 0.588. The van der Waals surface area contributed by atoms with Crippen molar-refractivity contribution in [2.75, 3.05) is 38.3 Å². The van der Waals surface area contributed by atoms with Crippen LogP contribution in [-0.4, -0.2) is 60.9 Å². The number of hydrogen-bond donors (Lipinski definition) is 0. The van der Waals surface area contributed by atoms with Gasteiger partial charge in [-0.25, -0.2) is 4.79 Å². The number of benzene rings is 1. The van der Waals surface area contributed by atoms with E-state index >= 15 is 0 Å². The van der Waals surface area contributed by atoms with E-state index in [0.717, 1.165) is 5.69 Å². The first kappa shape index (κ1) is 19.0. The van der Waals surface area contributed by atoms with Crippen molar-refractivity contribution in [2.45, 2.75) is 32.4 Å². The number of nitro groups is 1. The van der Waals surface area contributed by atoms with Gasteiger partial charge in [0.2, 0.25) is 0 Å². The molecule has 2 rings (SSSR count). The molecule has 1 aliphatic rings. The van der Waals surface area contributed by atoms with Gasteiger partial charge in [-0.15, -0.1) is 0 Å². The maximum atomic E-state index is 12.3. The van der Waals surface area contributed by atoms with Crippen LogP contribution in [0.25, 0.3) is 0 Å². The van der Waals surface area contributed by atoms with Gasteiger partial charge < -0.3 is 19.3 Å². The Kier molecular flexibility index (Phi) is 5.84. The highest BCUT2D eigenvalue weighted by atomic mass is 16.6. The van der Waals surface area contributed by atoms with Crippen LogP contribution in [0.1, 0.15) is 20.8 Å². The molecule has 1 amide bonds. The topological polar surface area (TPSA) is 85.1 Å². The average molecular weight is 351 g/mol. The van der Waals surface area contributed by atoms with Gasteiger partial charge in [0.05, 0.1) is 17.6 Å². The van der Waals surface area contributed by atoms with Crippen LogP contribution in [-0.2, 0) is 9.47 Å². The number of ether oxygens (including phenoxy) is 2. The second-order valence-corrected chi connectivity index (χ2v) is 7.00. The molecule has 1 atom stereocenters. The van der Waals surface area contributed by atoms with Crippen molar-refractivity contribution in [2.24, 2.45) is 0 Å². The second kappa shape index (κ2) is 7.69. The highest BCUT2D eigenvalue weighted by Crippen LogP contribution is 2.24. The molecule has 0 aliphatic carbocycles. The summed E-state index contributed by atoms with van der Waals surface area (Å²) in [6.45, 7) is 7.55. The fourth-order valence-corrected chi connectivity index (χ4v) is 2.79. The molecule has 8 heteroatoms. The Morgan fingerprint density at radius 1 is 1.28 bits per heavy atom. The molecule has 1 fully saturated rings. The Morgan fingerprint density at radius 3 is 2.44 bits per heavy atom. The zero-order valence-electron chi connectivity index (χ0n) is 15.1. The van der Waals surface area contributed by atoms with Crippen LogP contribution in [0, 0.1) is 10.1 Å². The molecule has 138 valence electrons. The molecule has 0 saturated carbocycles. The van der Waals surface area contributed by atoms with Crippen molar-refractivity contribution in [3.8, 4) is 0 Å². The van der Waals surface area contributed by atoms with E-state index in [1.807, 2.05) is 20.8 Å². The molecule has 1 aliphatic heterocycles. The Balaban J connectivity index is 2.11. The molecule has 1 saturated heterocycles. The highest BCUT2D eigenvalue weighted by molar-refractivity contribution is 5.69. The molecule has 25 heavy (non-hydrogen) atoms. The van der Waals surface area contributed by atoms with Crippen molar-refractivity contribution in [1.29, 1.82) is 0 Å². The van der Waals surface area contributed by atoms with Gasteiger partial charge in [0, 0.05) is 44.6 Å². The van der Waals surface area contributed by atoms with Crippen LogP contribution in [0.3, 0.4) is 0 Å². The Labute approximate surface area is 147 Å². The number of non-ortho nitro benzene ring substituents is 1. The van der Waals surface area contributed by atoms with E-state index in [4.69, 9.17) is 9.47 Å². The SMILES string of the molecule is COCC1CN(C(=O)OC(C)(C)C)CCN1c1ccc([N+](=O)[O-])cc1. The zero-order chi connectivity index (χ0) is 18.6. The molecule has 0 spiro atoms. The molecule has 0 aromatic heterocycles. The van der Waals surface area contributed by atoms with E-state index in [2.05, 4.69) is 4.90 Å². The van der Waals surface area contributed by atoms with Gasteiger partial charge in [0.15, 0.2) is 0 Å². The quantitative estimate of drug-likeness (QED) is 0.612. The summed E-state index contributed by atoms with van der Waals surface area (Å²) in [5.41, 5.74) is 0.388. The number of methoxy groups -OCH3 is 1. The normalized spacial score (nSPS) is 18.2. The van der Waals surface area contributed by atoms with Gasteiger partial charge in [0.1, 0.15) is 5.60 Å². The van der Waals surface area contributed by atoms with E-state index in [9.17, 15) is 14.9 Å². The van der Waals surface area contributed by atoms with Crippen molar-refractivity contribution >= 4 is 17.5 Å². The predicted molar refractivity (Wildman–Crippen MR) is 93.9 cm³/mol. The third kappa shape index (κ3) is 5.06. The number of anilines is 1. The molecule has 0 bridgehead atoms. The van der Waals surface area contributed by atoms with Crippen molar-refractivity contribution < 1.29 is 19.2 Å². The second-order valence-electron chi connectivity index (χ2n) is 7.00. The molecule has 0 radical (unpaired) electrons. The largest absolute Gasteiger partial charge is 0.444 e. The first-order chi connectivity index (χ1) is 11.7. The molecule has 1 aromatic rings. The number of rotatable bonds is 4. The van der Waals surface area contributed by atoms with Gasteiger partial charge in [-0.3, -0.25) is 10.1 Å². The number of nitrogens with zero attached hydrogens (tertiary/aromatic N) is 3. The van der Waals surface area contributed by atoms with Crippen LogP contribution in [0.15, 0.2) is 24.3 Å². The Morgan fingerprint density at radius 2 is 1.92 bits per heavy atom. The summed E-state index contributed by atoms with van der Waals surface area (Å²) >= 11 is 0. The van der Waals surface area contributed by atoms with Crippen LogP contribution < -0.4 is 4.90 Å². The van der Waals surface area contributed by atoms with Crippen LogP contribution in [0.4, 0.5) is 16.2 Å². The van der Waals surface area contributed by atoms with Gasteiger partial charge in [0.25, 0.3) is 5.69 Å². The molecule has 8 nitrogen and oxygen atoms in total. The first-order valence-electron chi connectivity index (χ1n) is 8.19. The number of piperazine rings is 1. The molecule has 1 aromatic carbocycles. The van der Waals surface area contributed by atoms with Gasteiger partial charge in [-0.1, -0.05) is 0 Å². The van der Waals surface area contributed by atoms with Crippen molar-refractivity contribution in [3.05, 3.63) is 34.4 Å². The lowest BCUT2D eigenvalue weighted by Gasteiger charge is -2.42. The maximum Gasteiger partial charge on any atom is 0.410 e. The molecular weight excluding hydrogens is 326 g/mol. The van der Waals surface area contributed by atoms with Gasteiger partial charge >= 0.3 is 6.09 Å². The van der Waals surface area contributed by atoms with Gasteiger partial charge in [-0.2, -0.15) is 0 Å². The minimum atomic E-state index is -0.538. The number of carbonyl (C=O) groups is 1. The number of nitro benzene ring substituents is 1. The van der Waals surface area contributed by atoms with Gasteiger partial charge in [-0.05, 0) is 32.9 Å². The number of hydrogen-bond acceptors (Lipinski definition) is 6. The number of amides is 1. The summed E-state index contributed by atoms with van der Waals surface area (Å²) < 4.78 is 10.7. The summed E-state index contributed by atoms with van der Waals surface area (Å²) in [7, 11) is 1.61. The average Bonchev–Trinajstić information content (AvgIpc) is 2.53. The summed E-state index contributed by atoms with van der Waals surface area (Å²) in [5, 5.41) is 10.8. The molecule has 0 N–H and O–H groups in total. The smallest absolute Gasteiger partial charge is 0.410 e. The van der Waals surface area contributed by atoms with Crippen molar-refractivity contribution in [3.63, 3.8) is 0 Å². The fourth-order valence-electron chi connectivity index (χ4n) is 2.79. The summed E-state index contributed by atoms with van der Waals surface area (Å²) in [4.78, 5) is 26.5. The standard InChI is InChI=1S/C17H25N3O5/c1-17(2,3)25-16(21)18-9-10-19(15(11-18)12-24-4)13-5-7-14(8-6-13)20(22)23/h5-8,15H,9-12H2,1-4H3. The van der Waals surface area contributed by atoms with E-state index in [1.54, 1.807) is 24.1 Å².